The molecular formula is C16H19NO. The minimum Gasteiger partial charge on any atom is -0.395 e. The smallest absolute Gasteiger partial charge is 0.0529 e. The third-order valence-electron chi connectivity index (χ3n) is 3.39. The van der Waals surface area contributed by atoms with Crippen LogP contribution in [0.2, 0.25) is 0 Å². The molecule has 0 bridgehead atoms. The molecule has 2 nitrogen and oxygen atoms in total. The lowest BCUT2D eigenvalue weighted by Gasteiger charge is -2.27. The number of aromatic nitrogens is 1. The predicted molar refractivity (Wildman–Crippen MR) is 73.6 cm³/mol. The number of rotatable bonds is 4. The van der Waals surface area contributed by atoms with Crippen LogP contribution in [-0.4, -0.2) is 16.7 Å². The Hall–Kier alpha value is -1.67. The largest absolute Gasteiger partial charge is 0.395 e. The molecule has 0 amide bonds. The van der Waals surface area contributed by atoms with Gasteiger partial charge >= 0.3 is 0 Å². The van der Waals surface area contributed by atoms with Crippen molar-refractivity contribution in [2.45, 2.75) is 25.7 Å². The molecule has 2 aromatic rings. The summed E-state index contributed by atoms with van der Waals surface area (Å²) in [6.45, 7) is 4.26. The molecule has 1 aromatic heterocycles. The highest BCUT2D eigenvalue weighted by molar-refractivity contribution is 5.30. The zero-order chi connectivity index (χ0) is 13.0. The number of aliphatic hydroxyl groups excluding tert-OH is 1. The lowest BCUT2D eigenvalue weighted by atomic mass is 9.79. The number of aliphatic hydroxyl groups is 1. The summed E-state index contributed by atoms with van der Waals surface area (Å²) >= 11 is 0. The molecule has 0 radical (unpaired) electrons. The molecule has 1 atom stereocenters. The van der Waals surface area contributed by atoms with Crippen molar-refractivity contribution in [2.24, 2.45) is 0 Å². The van der Waals surface area contributed by atoms with Gasteiger partial charge in [0, 0.05) is 23.7 Å². The number of hydrogen-bond acceptors (Lipinski definition) is 2. The van der Waals surface area contributed by atoms with Gasteiger partial charge in [0.2, 0.25) is 0 Å². The lowest BCUT2D eigenvalue weighted by Crippen LogP contribution is -2.29. The van der Waals surface area contributed by atoms with Gasteiger partial charge in [-0.25, -0.2) is 0 Å². The summed E-state index contributed by atoms with van der Waals surface area (Å²) in [5.74, 6) is 0. The fourth-order valence-corrected chi connectivity index (χ4v) is 2.11. The Morgan fingerprint density at radius 3 is 2.39 bits per heavy atom. The Morgan fingerprint density at radius 2 is 1.83 bits per heavy atom. The second-order valence-electron chi connectivity index (χ2n) is 5.08. The van der Waals surface area contributed by atoms with Crippen molar-refractivity contribution in [3.63, 3.8) is 0 Å². The second-order valence-corrected chi connectivity index (χ2v) is 5.08. The van der Waals surface area contributed by atoms with Crippen LogP contribution in [0.15, 0.2) is 48.7 Å². The quantitative estimate of drug-likeness (QED) is 0.893. The summed E-state index contributed by atoms with van der Waals surface area (Å²) in [6, 6.07) is 14.2. The van der Waals surface area contributed by atoms with Gasteiger partial charge in [-0.1, -0.05) is 42.8 Å². The van der Waals surface area contributed by atoms with Gasteiger partial charge in [-0.2, -0.15) is 0 Å². The molecule has 0 saturated carbocycles. The van der Waals surface area contributed by atoms with Crippen molar-refractivity contribution in [3.8, 4) is 0 Å². The fraction of sp³-hybridized carbons (Fsp3) is 0.312. The van der Waals surface area contributed by atoms with Gasteiger partial charge in [-0.05, 0) is 24.6 Å². The summed E-state index contributed by atoms with van der Waals surface area (Å²) in [4.78, 5) is 4.34. The first kappa shape index (κ1) is 12.8. The Balaban J connectivity index is 2.28. The third-order valence-corrected chi connectivity index (χ3v) is 3.39. The van der Waals surface area contributed by atoms with Crippen molar-refractivity contribution >= 4 is 0 Å². The topological polar surface area (TPSA) is 33.1 Å². The van der Waals surface area contributed by atoms with Gasteiger partial charge in [0.1, 0.15) is 0 Å². The van der Waals surface area contributed by atoms with Crippen LogP contribution in [0.3, 0.4) is 0 Å². The van der Waals surface area contributed by atoms with E-state index >= 15 is 0 Å². The maximum atomic E-state index is 9.74. The van der Waals surface area contributed by atoms with E-state index in [1.165, 1.54) is 5.56 Å². The molecule has 0 aliphatic heterocycles. The Bertz CT molecular complexity index is 492. The molecule has 18 heavy (non-hydrogen) atoms. The summed E-state index contributed by atoms with van der Waals surface area (Å²) in [5.41, 5.74) is 3.12. The maximum absolute atomic E-state index is 9.74. The molecule has 1 aromatic carbocycles. The molecule has 0 saturated heterocycles. The van der Waals surface area contributed by atoms with E-state index in [-0.39, 0.29) is 12.0 Å². The van der Waals surface area contributed by atoms with E-state index in [1.54, 1.807) is 6.20 Å². The van der Waals surface area contributed by atoms with Crippen molar-refractivity contribution in [3.05, 3.63) is 65.5 Å². The number of aryl methyl sites for hydroxylation is 1. The zero-order valence-electron chi connectivity index (χ0n) is 10.9. The van der Waals surface area contributed by atoms with Gasteiger partial charge in [0.05, 0.1) is 6.61 Å². The molecule has 0 fully saturated rings. The molecule has 2 rings (SSSR count). The van der Waals surface area contributed by atoms with E-state index in [2.05, 4.69) is 43.1 Å². The summed E-state index contributed by atoms with van der Waals surface area (Å²) in [5, 5.41) is 9.74. The van der Waals surface area contributed by atoms with E-state index in [1.807, 2.05) is 18.2 Å². The minimum atomic E-state index is -0.276. The van der Waals surface area contributed by atoms with Gasteiger partial charge in [0.25, 0.3) is 0 Å². The van der Waals surface area contributed by atoms with Crippen LogP contribution in [-0.2, 0) is 11.8 Å². The summed E-state index contributed by atoms with van der Waals surface area (Å²) in [6.07, 6.45) is 2.54. The van der Waals surface area contributed by atoms with Crippen molar-refractivity contribution in [2.75, 3.05) is 6.61 Å². The molecule has 1 unspecified atom stereocenters. The molecular weight excluding hydrogens is 222 g/mol. The number of nitrogens with zero attached hydrogens (tertiary/aromatic N) is 1. The van der Waals surface area contributed by atoms with Crippen molar-refractivity contribution in [1.82, 2.24) is 4.98 Å². The van der Waals surface area contributed by atoms with Crippen LogP contribution in [0.1, 0.15) is 23.7 Å². The van der Waals surface area contributed by atoms with Gasteiger partial charge in [0.15, 0.2) is 0 Å². The summed E-state index contributed by atoms with van der Waals surface area (Å²) in [7, 11) is 0. The van der Waals surface area contributed by atoms with E-state index in [0.717, 1.165) is 17.7 Å². The molecule has 0 aliphatic rings. The third kappa shape index (κ3) is 2.77. The van der Waals surface area contributed by atoms with E-state index in [9.17, 15) is 5.11 Å². The van der Waals surface area contributed by atoms with E-state index in [4.69, 9.17) is 0 Å². The Labute approximate surface area is 108 Å². The van der Waals surface area contributed by atoms with Crippen LogP contribution in [0.25, 0.3) is 0 Å². The number of hydrogen-bond donors (Lipinski definition) is 1. The predicted octanol–water partition coefficient (Wildman–Crippen LogP) is 2.88. The highest BCUT2D eigenvalue weighted by Gasteiger charge is 2.26. The van der Waals surface area contributed by atoms with Crippen LogP contribution >= 0.6 is 0 Å². The first-order chi connectivity index (χ1) is 8.64. The van der Waals surface area contributed by atoms with Crippen molar-refractivity contribution in [1.29, 1.82) is 0 Å². The lowest BCUT2D eigenvalue weighted by molar-refractivity contribution is 0.204. The highest BCUT2D eigenvalue weighted by atomic mass is 16.3. The van der Waals surface area contributed by atoms with Crippen LogP contribution < -0.4 is 0 Å². The first-order valence-corrected chi connectivity index (χ1v) is 6.22. The normalized spacial score (nSPS) is 14.2. The van der Waals surface area contributed by atoms with Crippen molar-refractivity contribution < 1.29 is 5.11 Å². The van der Waals surface area contributed by atoms with Gasteiger partial charge in [-0.3, -0.25) is 4.98 Å². The molecule has 0 aliphatic carbocycles. The standard InChI is InChI=1S/C16H19NO/c1-13-6-8-14(9-7-13)16(2,12-18)11-15-5-3-4-10-17-15/h3-10,18H,11-12H2,1-2H3. The van der Waals surface area contributed by atoms with Gasteiger partial charge in [-0.15, -0.1) is 0 Å². The average Bonchev–Trinajstić information content (AvgIpc) is 2.40. The average molecular weight is 241 g/mol. The second kappa shape index (κ2) is 5.32. The SMILES string of the molecule is Cc1ccc(C(C)(CO)Cc2ccccn2)cc1. The molecule has 0 spiro atoms. The zero-order valence-corrected chi connectivity index (χ0v) is 10.9. The number of pyridine rings is 1. The van der Waals surface area contributed by atoms with Crippen LogP contribution in [0.5, 0.6) is 0 Å². The highest BCUT2D eigenvalue weighted by Crippen LogP contribution is 2.27. The fourth-order valence-electron chi connectivity index (χ4n) is 2.11. The first-order valence-electron chi connectivity index (χ1n) is 6.22. The Morgan fingerprint density at radius 1 is 1.11 bits per heavy atom. The Kier molecular flexibility index (Phi) is 3.78. The van der Waals surface area contributed by atoms with Crippen LogP contribution in [0.4, 0.5) is 0 Å². The van der Waals surface area contributed by atoms with Crippen LogP contribution in [0, 0.1) is 6.92 Å². The molecule has 1 heterocycles. The van der Waals surface area contributed by atoms with Gasteiger partial charge < -0.3 is 5.11 Å². The van der Waals surface area contributed by atoms with E-state index in [0.29, 0.717) is 0 Å². The number of benzene rings is 1. The molecule has 2 heteroatoms. The maximum Gasteiger partial charge on any atom is 0.0529 e. The monoisotopic (exact) mass is 241 g/mol. The van der Waals surface area contributed by atoms with E-state index < -0.39 is 0 Å². The summed E-state index contributed by atoms with van der Waals surface area (Å²) < 4.78 is 0. The molecule has 94 valence electrons. The minimum absolute atomic E-state index is 0.118. The molecule has 1 N–H and O–H groups in total.